The molecule has 0 amide bonds. The maximum atomic E-state index is 8.64. The van der Waals surface area contributed by atoms with Gasteiger partial charge in [-0.1, -0.05) is 20.8 Å². The minimum absolute atomic E-state index is 0.102. The fraction of sp³-hybridized carbons (Fsp3) is 0.457. The van der Waals surface area contributed by atoms with Gasteiger partial charge in [-0.3, -0.25) is 0 Å². The number of hydrogen-bond acceptors (Lipinski definition) is 3. The number of hydrogen-bond donors (Lipinski definition) is 2. The summed E-state index contributed by atoms with van der Waals surface area (Å²) >= 11 is 0.645. The Morgan fingerprint density at radius 1 is 1.05 bits per heavy atom. The summed E-state index contributed by atoms with van der Waals surface area (Å²) in [7, 11) is 0. The Labute approximate surface area is 269 Å². The molecule has 1 fully saturated rings. The van der Waals surface area contributed by atoms with Crippen molar-refractivity contribution < 1.29 is 0 Å². The van der Waals surface area contributed by atoms with E-state index < -0.39 is 19.8 Å². The van der Waals surface area contributed by atoms with Crippen LogP contribution < -0.4 is 5.73 Å². The molecule has 220 valence electrons. The van der Waals surface area contributed by atoms with Crippen molar-refractivity contribution in [1.29, 1.82) is 5.41 Å². The van der Waals surface area contributed by atoms with Crippen LogP contribution in [0.3, 0.4) is 0 Å². The fourth-order valence-corrected chi connectivity index (χ4v) is 23.7. The van der Waals surface area contributed by atoms with Gasteiger partial charge in [0, 0.05) is 0 Å². The summed E-state index contributed by atoms with van der Waals surface area (Å²) in [4.78, 5) is 4.86. The zero-order chi connectivity index (χ0) is 29.1. The van der Waals surface area contributed by atoms with Crippen LogP contribution in [0.4, 0.5) is 5.69 Å². The van der Waals surface area contributed by atoms with E-state index in [9.17, 15) is 0 Å². The Morgan fingerprint density at radius 2 is 1.78 bits per heavy atom. The van der Waals surface area contributed by atoms with Crippen molar-refractivity contribution in [3.8, 4) is 0 Å². The summed E-state index contributed by atoms with van der Waals surface area (Å²) in [5.74, 6) is 3.50. The molecule has 2 aromatic rings. The van der Waals surface area contributed by atoms with Crippen molar-refractivity contribution in [3.05, 3.63) is 78.3 Å². The van der Waals surface area contributed by atoms with Crippen LogP contribution >= 0.6 is 52.3 Å². The second-order valence-corrected chi connectivity index (χ2v) is 24.7. The van der Waals surface area contributed by atoms with Crippen LogP contribution in [0.1, 0.15) is 96.3 Å². The average Bonchev–Trinajstić information content (AvgIpc) is 3.24. The number of rotatable bonds is 12. The Bertz CT molecular complexity index is 1400. The van der Waals surface area contributed by atoms with Gasteiger partial charge >= 0.3 is 245 Å². The Balaban J connectivity index is 1.20. The third kappa shape index (κ3) is 7.64. The van der Waals surface area contributed by atoms with E-state index in [2.05, 4.69) is 92.3 Å². The van der Waals surface area contributed by atoms with E-state index in [4.69, 9.17) is 16.1 Å². The first kappa shape index (κ1) is 31.2. The molecule has 0 saturated heterocycles. The number of benzene rings is 2. The van der Waals surface area contributed by atoms with Crippen LogP contribution in [-0.4, -0.2) is 12.4 Å². The molecular formula is C35H45I2N3S. The Morgan fingerprint density at radius 3 is 2.51 bits per heavy atom. The van der Waals surface area contributed by atoms with Crippen molar-refractivity contribution in [1.82, 2.24) is 0 Å². The number of nitrogens with two attached hydrogens (primary N) is 1. The molecule has 5 rings (SSSR count). The molecule has 0 radical (unpaired) electrons. The Hall–Kier alpha value is -1.26. The summed E-state index contributed by atoms with van der Waals surface area (Å²) in [6.45, 7) is 11.4. The van der Waals surface area contributed by atoms with Crippen LogP contribution in [0.15, 0.2) is 66.6 Å². The van der Waals surface area contributed by atoms with Crippen molar-refractivity contribution in [2.45, 2.75) is 85.0 Å². The summed E-state index contributed by atoms with van der Waals surface area (Å²) < 4.78 is 7.83. The third-order valence-electron chi connectivity index (χ3n) is 8.55. The predicted molar refractivity (Wildman–Crippen MR) is 201 cm³/mol. The van der Waals surface area contributed by atoms with Crippen molar-refractivity contribution in [2.75, 3.05) is 0 Å². The molecule has 6 heteroatoms. The molecule has 3 atom stereocenters. The Kier molecular flexibility index (Phi) is 10.3. The fourth-order valence-electron chi connectivity index (χ4n) is 5.96. The molecule has 3 aliphatic rings. The van der Waals surface area contributed by atoms with E-state index in [-0.39, 0.29) is 26.1 Å². The molecule has 41 heavy (non-hydrogen) atoms. The van der Waals surface area contributed by atoms with Gasteiger partial charge in [-0.2, -0.15) is 0 Å². The second kappa shape index (κ2) is 13.6. The first-order valence-electron chi connectivity index (χ1n) is 15.0. The molecule has 3 unspecified atom stereocenters. The van der Waals surface area contributed by atoms with E-state index >= 15 is 0 Å². The number of fused-ring (bicyclic) bond motifs is 1. The van der Waals surface area contributed by atoms with E-state index in [1.165, 1.54) is 53.2 Å². The maximum absolute atomic E-state index is 8.64. The second-order valence-electron chi connectivity index (χ2n) is 12.6. The number of amidine groups is 1. The molecular weight excluding hydrogens is 748 g/mol. The van der Waals surface area contributed by atoms with Gasteiger partial charge in [0.15, 0.2) is 0 Å². The quantitative estimate of drug-likeness (QED) is 0.0973. The molecule has 1 aliphatic carbocycles. The molecule has 1 saturated carbocycles. The molecule has 2 aromatic carbocycles. The van der Waals surface area contributed by atoms with Crippen LogP contribution in [-0.2, 0) is 5.41 Å². The molecule has 0 spiro atoms. The number of nitrogens with zero attached hydrogens (tertiary/aromatic N) is 1. The number of halogens is 2. The zero-order valence-electron chi connectivity index (χ0n) is 25.1. The normalized spacial score (nSPS) is 23.0. The molecule has 0 bridgehead atoms. The van der Waals surface area contributed by atoms with Crippen LogP contribution in [0.5, 0.6) is 0 Å². The van der Waals surface area contributed by atoms with Crippen LogP contribution in [0.2, 0.25) is 0 Å². The first-order valence-corrected chi connectivity index (χ1v) is 21.5. The number of nitrogens with one attached hydrogen (secondary N) is 1. The van der Waals surface area contributed by atoms with Crippen LogP contribution in [0, 0.1) is 23.2 Å². The minimum atomic E-state index is -1.30. The molecule has 0 aromatic heterocycles. The van der Waals surface area contributed by atoms with Gasteiger partial charge in [0.2, 0.25) is 0 Å². The monoisotopic (exact) mass is 793 g/mol. The van der Waals surface area contributed by atoms with Crippen LogP contribution in [0.25, 0.3) is 3.58 Å². The molecule has 3 N–H and O–H groups in total. The molecule has 2 heterocycles. The van der Waals surface area contributed by atoms with Gasteiger partial charge in [0.1, 0.15) is 0 Å². The van der Waals surface area contributed by atoms with E-state index in [0.717, 1.165) is 29.0 Å². The topological polar surface area (TPSA) is 62.2 Å². The number of allylic oxidation sites excluding steroid dienone is 1. The number of aliphatic imine (C=N–C) groups is 1. The van der Waals surface area contributed by atoms with Gasteiger partial charge in [-0.05, 0) is 5.41 Å². The summed E-state index contributed by atoms with van der Waals surface area (Å²) in [5.41, 5.74) is 11.5. The van der Waals surface area contributed by atoms with Crippen molar-refractivity contribution in [2.24, 2.45) is 28.5 Å². The van der Waals surface area contributed by atoms with Gasteiger partial charge < -0.3 is 0 Å². The first-order chi connectivity index (χ1) is 19.7. The summed E-state index contributed by atoms with van der Waals surface area (Å²) in [6.07, 6.45) is 8.64. The average molecular weight is 794 g/mol. The number of unbranched alkanes of at least 4 members (excludes halogenated alkanes) is 1. The van der Waals surface area contributed by atoms with Gasteiger partial charge in [-0.25, -0.2) is 0 Å². The van der Waals surface area contributed by atoms with Crippen molar-refractivity contribution >= 4 is 74.0 Å². The standard InChI is InChI=1S/C35H45I2N3S/c1-6-11-27-23(2)28(27)13-8-7-12-26-22-41-34-36-30(21-37(26)34)29-14-9-10-15-32(29)40-33(39)20-31(38)24-16-18-25(19-17-24)35(3,4)5/h9-10,14-19,21-23,27-28,38H,6-8,11-13,20H2,1-5H3,(H2,39,40). The summed E-state index contributed by atoms with van der Waals surface area (Å²) in [6, 6.07) is 16.8. The molecule has 3 nitrogen and oxygen atoms in total. The summed E-state index contributed by atoms with van der Waals surface area (Å²) in [5, 5.41) is 11.2. The predicted octanol–water partition coefficient (Wildman–Crippen LogP) is 11.1. The van der Waals surface area contributed by atoms with Gasteiger partial charge in [0.25, 0.3) is 0 Å². The van der Waals surface area contributed by atoms with E-state index in [0.29, 0.717) is 18.0 Å². The van der Waals surface area contributed by atoms with Crippen molar-refractivity contribution in [3.63, 3.8) is 0 Å². The molecule has 2 aliphatic heterocycles. The third-order valence-corrected chi connectivity index (χ3v) is 24.6. The SMILES string of the molecule is CCCC1C(C)C1CCCCC1=CSC2=IC(c3ccccc3N=C(N)CC(=N)c3ccc(C(C)(C)C)cc3)=CI12. The zero-order valence-corrected chi connectivity index (χ0v) is 30.3. The number of para-hydroxylation sites is 1. The number of thioether (sulfide) groups is 1. The van der Waals surface area contributed by atoms with Gasteiger partial charge in [0.05, 0.1) is 0 Å². The van der Waals surface area contributed by atoms with E-state index in [1.807, 2.05) is 13.0 Å². The van der Waals surface area contributed by atoms with Gasteiger partial charge in [-0.15, -0.1) is 0 Å². The van der Waals surface area contributed by atoms with E-state index in [1.54, 1.807) is 3.58 Å².